The average Bonchev–Trinajstić information content (AvgIpc) is 3.26. The molecule has 8 nitrogen and oxygen atoms in total. The molecule has 4 rings (SSSR count). The van der Waals surface area contributed by atoms with Crippen LogP contribution in [0.5, 0.6) is 0 Å². The van der Waals surface area contributed by atoms with Gasteiger partial charge >= 0.3 is 0 Å². The molecule has 0 unspecified atom stereocenters. The summed E-state index contributed by atoms with van der Waals surface area (Å²) < 4.78 is 1.51. The van der Waals surface area contributed by atoms with Crippen molar-refractivity contribution in [2.45, 2.75) is 13.0 Å². The molecule has 1 fully saturated rings. The van der Waals surface area contributed by atoms with Crippen LogP contribution in [0.2, 0.25) is 0 Å². The maximum absolute atomic E-state index is 12.8. The highest BCUT2D eigenvalue weighted by Crippen LogP contribution is 2.31. The number of rotatable bonds is 5. The van der Waals surface area contributed by atoms with Crippen LogP contribution >= 0.6 is 0 Å². The number of nitrogens with zero attached hydrogens (tertiary/aromatic N) is 6. The normalized spacial score (nSPS) is 14.4. The van der Waals surface area contributed by atoms with Crippen LogP contribution in [-0.4, -0.2) is 56.6 Å². The van der Waals surface area contributed by atoms with Gasteiger partial charge in [0.05, 0.1) is 12.2 Å². The van der Waals surface area contributed by atoms with Gasteiger partial charge in [0.15, 0.2) is 0 Å². The Bertz CT molecular complexity index is 958. The van der Waals surface area contributed by atoms with E-state index in [0.29, 0.717) is 19.6 Å². The van der Waals surface area contributed by atoms with E-state index in [9.17, 15) is 9.59 Å². The van der Waals surface area contributed by atoms with Gasteiger partial charge in [0.25, 0.3) is 0 Å². The van der Waals surface area contributed by atoms with Gasteiger partial charge in [0.2, 0.25) is 11.8 Å². The van der Waals surface area contributed by atoms with E-state index in [2.05, 4.69) is 15.5 Å². The predicted molar refractivity (Wildman–Crippen MR) is 103 cm³/mol. The fourth-order valence-corrected chi connectivity index (χ4v) is 3.36. The third-order valence-corrected chi connectivity index (χ3v) is 4.80. The second-order valence-corrected chi connectivity index (χ2v) is 6.57. The molecule has 2 heterocycles. The number of aromatic nitrogens is 4. The highest BCUT2D eigenvalue weighted by Gasteiger charge is 2.29. The predicted octanol–water partition coefficient (Wildman–Crippen LogP) is 1.61. The fraction of sp³-hybridized carbons (Fsp3) is 0.250. The number of aryl methyl sites for hydroxylation is 1. The summed E-state index contributed by atoms with van der Waals surface area (Å²) in [6, 6.07) is 17.9. The fourth-order valence-electron chi connectivity index (χ4n) is 3.36. The first-order chi connectivity index (χ1) is 13.7. The van der Waals surface area contributed by atoms with Crippen LogP contribution in [0, 0.1) is 0 Å². The van der Waals surface area contributed by atoms with Gasteiger partial charge in [-0.15, -0.1) is 5.10 Å². The molecule has 1 aliphatic heterocycles. The summed E-state index contributed by atoms with van der Waals surface area (Å²) in [6.45, 7) is 1.46. The van der Waals surface area contributed by atoms with Gasteiger partial charge in [-0.3, -0.25) is 9.59 Å². The van der Waals surface area contributed by atoms with Crippen molar-refractivity contribution < 1.29 is 9.59 Å². The molecule has 2 amide bonds. The van der Waals surface area contributed by atoms with E-state index in [1.165, 1.54) is 11.0 Å². The molecule has 2 aromatic carbocycles. The molecule has 8 heteroatoms. The Hall–Kier alpha value is -3.55. The molecular weight excluding hydrogens is 356 g/mol. The first-order valence-electron chi connectivity index (χ1n) is 9.16. The van der Waals surface area contributed by atoms with Crippen molar-refractivity contribution >= 4 is 17.5 Å². The van der Waals surface area contributed by atoms with Crippen LogP contribution in [-0.2, 0) is 16.1 Å². The standard InChI is InChI=1S/C20H20N6O2/c27-19(10-11-25-15-21-22-23-25)24-12-13-26(20(28)14-24)18-9-5-4-8-17(18)16-6-2-1-3-7-16/h1-9,15H,10-14H2. The minimum absolute atomic E-state index is 0.0696. The highest BCUT2D eigenvalue weighted by atomic mass is 16.2. The van der Waals surface area contributed by atoms with Crippen molar-refractivity contribution in [1.29, 1.82) is 0 Å². The second kappa shape index (κ2) is 7.99. The summed E-state index contributed by atoms with van der Waals surface area (Å²) in [5, 5.41) is 10.8. The van der Waals surface area contributed by atoms with Gasteiger partial charge in [-0.1, -0.05) is 48.5 Å². The minimum atomic E-state index is -0.0783. The van der Waals surface area contributed by atoms with Gasteiger partial charge < -0.3 is 9.80 Å². The van der Waals surface area contributed by atoms with E-state index in [-0.39, 0.29) is 24.8 Å². The van der Waals surface area contributed by atoms with Crippen LogP contribution in [0.25, 0.3) is 11.1 Å². The largest absolute Gasteiger partial charge is 0.332 e. The number of hydrogen-bond donors (Lipinski definition) is 0. The van der Waals surface area contributed by atoms with Crippen LogP contribution in [0.4, 0.5) is 5.69 Å². The lowest BCUT2D eigenvalue weighted by Gasteiger charge is -2.35. The third kappa shape index (κ3) is 3.75. The number of tetrazole rings is 1. The van der Waals surface area contributed by atoms with Gasteiger partial charge in [-0.05, 0) is 22.1 Å². The number of anilines is 1. The van der Waals surface area contributed by atoms with Crippen molar-refractivity contribution in [2.75, 3.05) is 24.5 Å². The van der Waals surface area contributed by atoms with Crippen molar-refractivity contribution in [2.24, 2.45) is 0 Å². The molecule has 1 aliphatic rings. The van der Waals surface area contributed by atoms with Crippen LogP contribution < -0.4 is 4.90 Å². The molecule has 0 bridgehead atoms. The maximum atomic E-state index is 12.8. The smallest absolute Gasteiger partial charge is 0.246 e. The second-order valence-electron chi connectivity index (χ2n) is 6.57. The lowest BCUT2D eigenvalue weighted by molar-refractivity contribution is -0.137. The number of hydrogen-bond acceptors (Lipinski definition) is 5. The quantitative estimate of drug-likeness (QED) is 0.675. The van der Waals surface area contributed by atoms with Crippen molar-refractivity contribution in [3.63, 3.8) is 0 Å². The summed E-state index contributed by atoms with van der Waals surface area (Å²) >= 11 is 0. The molecule has 0 saturated carbocycles. The monoisotopic (exact) mass is 376 g/mol. The summed E-state index contributed by atoms with van der Waals surface area (Å²) in [5.41, 5.74) is 2.94. The molecular formula is C20H20N6O2. The zero-order valence-electron chi connectivity index (χ0n) is 15.3. The van der Waals surface area contributed by atoms with Gasteiger partial charge in [-0.25, -0.2) is 4.68 Å². The molecule has 0 N–H and O–H groups in total. The Morgan fingerprint density at radius 3 is 2.54 bits per heavy atom. The molecule has 1 aromatic heterocycles. The Morgan fingerprint density at radius 2 is 1.79 bits per heavy atom. The van der Waals surface area contributed by atoms with E-state index < -0.39 is 0 Å². The number of carbonyl (C=O) groups is 2. The molecule has 0 atom stereocenters. The van der Waals surface area contributed by atoms with E-state index in [1.54, 1.807) is 9.80 Å². The Kier molecular flexibility index (Phi) is 5.09. The van der Waals surface area contributed by atoms with Gasteiger partial charge in [0.1, 0.15) is 12.9 Å². The molecule has 0 radical (unpaired) electrons. The van der Waals surface area contributed by atoms with Gasteiger partial charge in [-0.2, -0.15) is 0 Å². The van der Waals surface area contributed by atoms with Crippen molar-refractivity contribution in [3.8, 4) is 11.1 Å². The first kappa shape index (κ1) is 17.8. The lowest BCUT2D eigenvalue weighted by atomic mass is 10.0. The zero-order valence-corrected chi connectivity index (χ0v) is 15.3. The Morgan fingerprint density at radius 1 is 1.00 bits per heavy atom. The van der Waals surface area contributed by atoms with Crippen molar-refractivity contribution in [1.82, 2.24) is 25.1 Å². The van der Waals surface area contributed by atoms with E-state index in [1.807, 2.05) is 54.6 Å². The summed E-state index contributed by atoms with van der Waals surface area (Å²) in [6.07, 6.45) is 1.73. The summed E-state index contributed by atoms with van der Waals surface area (Å²) in [4.78, 5) is 28.6. The highest BCUT2D eigenvalue weighted by molar-refractivity contribution is 6.01. The molecule has 1 saturated heterocycles. The molecule has 3 aromatic rings. The average molecular weight is 376 g/mol. The lowest BCUT2D eigenvalue weighted by Crippen LogP contribution is -2.52. The summed E-state index contributed by atoms with van der Waals surface area (Å²) in [5.74, 6) is -0.148. The number of para-hydroxylation sites is 1. The van der Waals surface area contributed by atoms with E-state index in [0.717, 1.165) is 16.8 Å². The Balaban J connectivity index is 1.45. The van der Waals surface area contributed by atoms with Crippen molar-refractivity contribution in [3.05, 3.63) is 60.9 Å². The number of piperazine rings is 1. The molecule has 28 heavy (non-hydrogen) atoms. The minimum Gasteiger partial charge on any atom is -0.332 e. The third-order valence-electron chi connectivity index (χ3n) is 4.80. The zero-order chi connectivity index (χ0) is 19.3. The Labute approximate surface area is 162 Å². The summed E-state index contributed by atoms with van der Waals surface area (Å²) in [7, 11) is 0. The van der Waals surface area contributed by atoms with Crippen LogP contribution in [0.1, 0.15) is 6.42 Å². The van der Waals surface area contributed by atoms with E-state index in [4.69, 9.17) is 0 Å². The van der Waals surface area contributed by atoms with Gasteiger partial charge in [0, 0.05) is 25.1 Å². The van der Waals surface area contributed by atoms with Crippen LogP contribution in [0.15, 0.2) is 60.9 Å². The number of amides is 2. The number of benzene rings is 2. The SMILES string of the molecule is O=C(CCn1cnnn1)N1CCN(c2ccccc2-c2ccccc2)C(=O)C1. The molecule has 0 spiro atoms. The molecule has 142 valence electrons. The van der Waals surface area contributed by atoms with Crippen LogP contribution in [0.3, 0.4) is 0 Å². The first-order valence-corrected chi connectivity index (χ1v) is 9.16. The number of carbonyl (C=O) groups excluding carboxylic acids is 2. The molecule has 0 aliphatic carbocycles. The maximum Gasteiger partial charge on any atom is 0.246 e. The topological polar surface area (TPSA) is 84.2 Å². The van der Waals surface area contributed by atoms with E-state index >= 15 is 0 Å².